The molecule has 4 nitrogen and oxygen atoms in total. The van der Waals surface area contributed by atoms with Gasteiger partial charge in [-0.25, -0.2) is 0 Å². The number of carbonyl (C=O) groups is 2. The van der Waals surface area contributed by atoms with E-state index in [0.717, 1.165) is 32.2 Å². The van der Waals surface area contributed by atoms with Gasteiger partial charge in [-0.05, 0) is 58.1 Å². The van der Waals surface area contributed by atoms with Crippen LogP contribution in [0.25, 0.3) is 0 Å². The molecule has 1 saturated carbocycles. The van der Waals surface area contributed by atoms with Crippen LogP contribution in [0, 0.1) is 19.8 Å². The summed E-state index contributed by atoms with van der Waals surface area (Å²) in [7, 11) is 0. The number of carbonyl (C=O) groups excluding carboxylic acids is 2. The van der Waals surface area contributed by atoms with Crippen LogP contribution in [0.3, 0.4) is 0 Å². The first kappa shape index (κ1) is 15.5. The fourth-order valence-electron chi connectivity index (χ4n) is 3.34. The van der Waals surface area contributed by atoms with Crippen molar-refractivity contribution in [1.29, 1.82) is 0 Å². The number of nitrogens with zero attached hydrogens (tertiary/aromatic N) is 1. The molecule has 0 aromatic carbocycles. The average Bonchev–Trinajstić information content (AvgIpc) is 3.09. The molecule has 1 N–H and O–H groups in total. The van der Waals surface area contributed by atoms with Crippen molar-refractivity contribution in [3.63, 3.8) is 0 Å². The lowest BCUT2D eigenvalue weighted by Gasteiger charge is -2.25. The number of likely N-dealkylation sites (tertiary alicyclic amines) is 1. The molecule has 120 valence electrons. The number of amides is 2. The van der Waals surface area contributed by atoms with Gasteiger partial charge in [-0.1, -0.05) is 0 Å². The van der Waals surface area contributed by atoms with Gasteiger partial charge in [0.1, 0.15) is 6.04 Å². The van der Waals surface area contributed by atoms with E-state index in [1.165, 1.54) is 15.3 Å². The van der Waals surface area contributed by atoms with E-state index in [4.69, 9.17) is 0 Å². The van der Waals surface area contributed by atoms with Crippen molar-refractivity contribution in [3.8, 4) is 0 Å². The van der Waals surface area contributed by atoms with Crippen molar-refractivity contribution in [2.75, 3.05) is 6.54 Å². The Kier molecular flexibility index (Phi) is 4.26. The number of nitrogens with one attached hydrogen (secondary N) is 1. The molecule has 1 saturated heterocycles. The molecule has 0 bridgehead atoms. The highest BCUT2D eigenvalue weighted by Crippen LogP contribution is 2.34. The SMILES string of the molecule is Cc1cc([C@H](C)NC(=O)[C@H]2CCCN2C(=O)C2CC2)c(C)s1. The molecule has 3 rings (SSSR count). The molecule has 1 aliphatic heterocycles. The second-order valence-corrected chi connectivity index (χ2v) is 8.02. The summed E-state index contributed by atoms with van der Waals surface area (Å²) in [6.07, 6.45) is 3.71. The Labute approximate surface area is 135 Å². The Balaban J connectivity index is 1.65. The molecule has 1 aliphatic carbocycles. The number of thiophene rings is 1. The van der Waals surface area contributed by atoms with Crippen LogP contribution < -0.4 is 5.32 Å². The Bertz CT molecular complexity index is 591. The summed E-state index contributed by atoms with van der Waals surface area (Å²) in [6, 6.07) is 1.87. The molecule has 2 heterocycles. The highest BCUT2D eigenvalue weighted by atomic mass is 32.1. The molecule has 2 fully saturated rings. The third kappa shape index (κ3) is 3.05. The van der Waals surface area contributed by atoms with Crippen molar-refractivity contribution in [2.45, 2.75) is 58.5 Å². The first-order chi connectivity index (χ1) is 10.5. The van der Waals surface area contributed by atoms with E-state index < -0.39 is 0 Å². The highest BCUT2D eigenvalue weighted by Gasteiger charge is 2.41. The van der Waals surface area contributed by atoms with Gasteiger partial charge in [0.2, 0.25) is 11.8 Å². The second-order valence-electron chi connectivity index (χ2n) is 6.56. The van der Waals surface area contributed by atoms with Gasteiger partial charge in [0, 0.05) is 22.2 Å². The van der Waals surface area contributed by atoms with Gasteiger partial charge in [-0.2, -0.15) is 0 Å². The number of hydrogen-bond donors (Lipinski definition) is 1. The fraction of sp³-hybridized carbons (Fsp3) is 0.647. The summed E-state index contributed by atoms with van der Waals surface area (Å²) in [6.45, 7) is 6.93. The van der Waals surface area contributed by atoms with Crippen LogP contribution in [0.5, 0.6) is 0 Å². The molecule has 0 spiro atoms. The quantitative estimate of drug-likeness (QED) is 0.927. The molecule has 2 amide bonds. The molecule has 22 heavy (non-hydrogen) atoms. The largest absolute Gasteiger partial charge is 0.348 e. The predicted octanol–water partition coefficient (Wildman–Crippen LogP) is 2.94. The Hall–Kier alpha value is -1.36. The highest BCUT2D eigenvalue weighted by molar-refractivity contribution is 7.12. The molecule has 2 atom stereocenters. The van der Waals surface area contributed by atoms with Crippen molar-refractivity contribution < 1.29 is 9.59 Å². The number of aryl methyl sites for hydroxylation is 2. The summed E-state index contributed by atoms with van der Waals surface area (Å²) in [4.78, 5) is 29.2. The van der Waals surface area contributed by atoms with Crippen LogP contribution in [0.4, 0.5) is 0 Å². The van der Waals surface area contributed by atoms with Crippen molar-refractivity contribution in [3.05, 3.63) is 21.4 Å². The lowest BCUT2D eigenvalue weighted by Crippen LogP contribution is -2.47. The van der Waals surface area contributed by atoms with Gasteiger partial charge < -0.3 is 10.2 Å². The Morgan fingerprint density at radius 1 is 1.32 bits per heavy atom. The first-order valence-electron chi connectivity index (χ1n) is 8.15. The van der Waals surface area contributed by atoms with Crippen molar-refractivity contribution in [2.24, 2.45) is 5.92 Å². The lowest BCUT2D eigenvalue weighted by atomic mass is 10.1. The molecule has 2 aliphatic rings. The molecule has 0 radical (unpaired) electrons. The fourth-order valence-corrected chi connectivity index (χ4v) is 4.36. The smallest absolute Gasteiger partial charge is 0.243 e. The van der Waals surface area contributed by atoms with Crippen LogP contribution in [-0.4, -0.2) is 29.3 Å². The van der Waals surface area contributed by atoms with Crippen molar-refractivity contribution in [1.82, 2.24) is 10.2 Å². The summed E-state index contributed by atoms with van der Waals surface area (Å²) in [5, 5.41) is 3.11. The molecular formula is C17H24N2O2S. The molecule has 1 aromatic heterocycles. The predicted molar refractivity (Wildman–Crippen MR) is 87.8 cm³/mol. The molecule has 5 heteroatoms. The van der Waals surface area contributed by atoms with Crippen LogP contribution in [-0.2, 0) is 9.59 Å². The number of rotatable bonds is 4. The van der Waals surface area contributed by atoms with E-state index in [1.807, 2.05) is 11.8 Å². The summed E-state index contributed by atoms with van der Waals surface area (Å²) >= 11 is 1.76. The molecule has 0 unspecified atom stereocenters. The maximum atomic E-state index is 12.6. The number of hydrogen-bond acceptors (Lipinski definition) is 3. The van der Waals surface area contributed by atoms with Gasteiger partial charge in [0.05, 0.1) is 6.04 Å². The maximum Gasteiger partial charge on any atom is 0.243 e. The zero-order valence-electron chi connectivity index (χ0n) is 13.5. The summed E-state index contributed by atoms with van der Waals surface area (Å²) in [5.74, 6) is 0.378. The Morgan fingerprint density at radius 2 is 2.05 bits per heavy atom. The van der Waals surface area contributed by atoms with Crippen LogP contribution in [0.15, 0.2) is 6.07 Å². The van der Waals surface area contributed by atoms with E-state index >= 15 is 0 Å². The normalized spacial score (nSPS) is 22.7. The zero-order valence-corrected chi connectivity index (χ0v) is 14.3. The van der Waals surface area contributed by atoms with Crippen LogP contribution >= 0.6 is 11.3 Å². The van der Waals surface area contributed by atoms with E-state index in [1.54, 1.807) is 11.3 Å². The maximum absolute atomic E-state index is 12.6. The molecule has 1 aromatic rings. The third-order valence-corrected chi connectivity index (χ3v) is 5.65. The lowest BCUT2D eigenvalue weighted by molar-refractivity contribution is -0.139. The average molecular weight is 320 g/mol. The van der Waals surface area contributed by atoms with Gasteiger partial charge in [-0.15, -0.1) is 11.3 Å². The van der Waals surface area contributed by atoms with Crippen LogP contribution in [0.2, 0.25) is 0 Å². The van der Waals surface area contributed by atoms with Gasteiger partial charge in [0.15, 0.2) is 0 Å². The van der Waals surface area contributed by atoms with E-state index in [-0.39, 0.29) is 29.8 Å². The van der Waals surface area contributed by atoms with Gasteiger partial charge >= 0.3 is 0 Å². The molecular weight excluding hydrogens is 296 g/mol. The minimum absolute atomic E-state index is 0.00209. The van der Waals surface area contributed by atoms with E-state index in [0.29, 0.717) is 0 Å². The third-order valence-electron chi connectivity index (χ3n) is 4.67. The minimum atomic E-state index is -0.268. The topological polar surface area (TPSA) is 49.4 Å². The van der Waals surface area contributed by atoms with Crippen LogP contribution in [0.1, 0.15) is 54.0 Å². The van der Waals surface area contributed by atoms with E-state index in [9.17, 15) is 9.59 Å². The Morgan fingerprint density at radius 3 is 2.64 bits per heavy atom. The first-order valence-corrected chi connectivity index (χ1v) is 8.97. The van der Waals surface area contributed by atoms with Gasteiger partial charge in [0.25, 0.3) is 0 Å². The monoisotopic (exact) mass is 320 g/mol. The summed E-state index contributed by atoms with van der Waals surface area (Å²) in [5.41, 5.74) is 1.19. The zero-order chi connectivity index (χ0) is 15.9. The van der Waals surface area contributed by atoms with Gasteiger partial charge in [-0.3, -0.25) is 9.59 Å². The summed E-state index contributed by atoms with van der Waals surface area (Å²) < 4.78 is 0. The minimum Gasteiger partial charge on any atom is -0.348 e. The van der Waals surface area contributed by atoms with Crippen molar-refractivity contribution >= 4 is 23.2 Å². The standard InChI is InChI=1S/C17H24N2O2S/c1-10-9-14(12(3)22-10)11(2)18-16(20)15-5-4-8-19(15)17(21)13-6-7-13/h9,11,13,15H,4-8H2,1-3H3,(H,18,20)/t11-,15+/m0/s1. The van der Waals surface area contributed by atoms with E-state index in [2.05, 4.69) is 25.2 Å². The second kappa shape index (κ2) is 6.03.